The van der Waals surface area contributed by atoms with Crippen LogP contribution in [0.1, 0.15) is 31.7 Å². The molecule has 1 aromatic carbocycles. The zero-order valence-corrected chi connectivity index (χ0v) is 10.9. The van der Waals surface area contributed by atoms with Crippen LogP contribution < -0.4 is 10.5 Å². The van der Waals surface area contributed by atoms with E-state index in [0.717, 1.165) is 0 Å². The molecular formula is C14H19FN2O. The minimum atomic E-state index is -0.762. The molecule has 1 unspecified atom stereocenters. The predicted octanol–water partition coefficient (Wildman–Crippen LogP) is 2.92. The number of nitrogens with two attached hydrogens (primary N) is 1. The van der Waals surface area contributed by atoms with Gasteiger partial charge in [0, 0.05) is 0 Å². The van der Waals surface area contributed by atoms with Crippen molar-refractivity contribution in [3.8, 4) is 11.8 Å². The van der Waals surface area contributed by atoms with Crippen LogP contribution in [0.25, 0.3) is 0 Å². The van der Waals surface area contributed by atoms with Crippen LogP contribution in [-0.4, -0.2) is 12.1 Å². The fourth-order valence-electron chi connectivity index (χ4n) is 1.60. The van der Waals surface area contributed by atoms with Crippen molar-refractivity contribution in [2.24, 2.45) is 5.73 Å². The van der Waals surface area contributed by atoms with Crippen molar-refractivity contribution in [1.82, 2.24) is 0 Å². The van der Waals surface area contributed by atoms with Gasteiger partial charge in [-0.15, -0.1) is 0 Å². The fourth-order valence-corrected chi connectivity index (χ4v) is 1.60. The number of hydrogen-bond acceptors (Lipinski definition) is 3. The molecule has 0 aliphatic heterocycles. The van der Waals surface area contributed by atoms with E-state index >= 15 is 0 Å². The SMILES string of the molecule is CCC(N)(C#N)CCCOc1ccc(F)c(C)c1. The molecule has 1 aromatic rings. The fraction of sp³-hybridized carbons (Fsp3) is 0.500. The summed E-state index contributed by atoms with van der Waals surface area (Å²) in [5, 5.41) is 8.91. The third kappa shape index (κ3) is 4.01. The maximum atomic E-state index is 13.0. The lowest BCUT2D eigenvalue weighted by Gasteiger charge is -2.19. The Kier molecular flexibility index (Phi) is 5.11. The molecule has 3 nitrogen and oxygen atoms in total. The summed E-state index contributed by atoms with van der Waals surface area (Å²) < 4.78 is 18.5. The van der Waals surface area contributed by atoms with Crippen molar-refractivity contribution in [2.75, 3.05) is 6.61 Å². The first-order valence-electron chi connectivity index (χ1n) is 6.10. The molecule has 0 bridgehead atoms. The Hall–Kier alpha value is -1.60. The van der Waals surface area contributed by atoms with Crippen molar-refractivity contribution in [1.29, 1.82) is 5.26 Å². The van der Waals surface area contributed by atoms with Gasteiger partial charge < -0.3 is 10.5 Å². The van der Waals surface area contributed by atoms with Crippen molar-refractivity contribution in [3.05, 3.63) is 29.6 Å². The summed E-state index contributed by atoms with van der Waals surface area (Å²) in [6.07, 6.45) is 1.92. The number of ether oxygens (including phenoxy) is 1. The highest BCUT2D eigenvalue weighted by Gasteiger charge is 2.20. The van der Waals surface area contributed by atoms with E-state index in [-0.39, 0.29) is 5.82 Å². The number of nitriles is 1. The van der Waals surface area contributed by atoms with Gasteiger partial charge in [-0.25, -0.2) is 4.39 Å². The van der Waals surface area contributed by atoms with E-state index in [2.05, 4.69) is 6.07 Å². The second-order valence-electron chi connectivity index (χ2n) is 4.48. The molecule has 4 heteroatoms. The van der Waals surface area contributed by atoms with Gasteiger partial charge in [0.1, 0.15) is 17.1 Å². The van der Waals surface area contributed by atoms with Gasteiger partial charge >= 0.3 is 0 Å². The molecular weight excluding hydrogens is 231 g/mol. The summed E-state index contributed by atoms with van der Waals surface area (Å²) in [4.78, 5) is 0. The molecule has 0 aliphatic carbocycles. The Morgan fingerprint density at radius 3 is 2.78 bits per heavy atom. The Bertz CT molecular complexity index is 442. The first-order chi connectivity index (χ1) is 8.50. The first kappa shape index (κ1) is 14.5. The van der Waals surface area contributed by atoms with E-state index in [1.807, 2.05) is 6.92 Å². The van der Waals surface area contributed by atoms with Crippen LogP contribution in [0.4, 0.5) is 4.39 Å². The van der Waals surface area contributed by atoms with E-state index < -0.39 is 5.54 Å². The molecule has 1 rings (SSSR count). The van der Waals surface area contributed by atoms with E-state index in [1.165, 1.54) is 6.07 Å². The molecule has 0 amide bonds. The number of benzene rings is 1. The summed E-state index contributed by atoms with van der Waals surface area (Å²) in [6, 6.07) is 6.77. The van der Waals surface area contributed by atoms with E-state index in [9.17, 15) is 4.39 Å². The lowest BCUT2D eigenvalue weighted by molar-refractivity contribution is 0.291. The van der Waals surface area contributed by atoms with Crippen molar-refractivity contribution in [2.45, 2.75) is 38.6 Å². The van der Waals surface area contributed by atoms with Crippen LogP contribution in [0, 0.1) is 24.1 Å². The van der Waals surface area contributed by atoms with E-state index in [0.29, 0.717) is 37.2 Å². The first-order valence-corrected chi connectivity index (χ1v) is 6.10. The highest BCUT2D eigenvalue weighted by molar-refractivity contribution is 5.28. The lowest BCUT2D eigenvalue weighted by Crippen LogP contribution is -2.37. The molecule has 18 heavy (non-hydrogen) atoms. The number of nitrogens with zero attached hydrogens (tertiary/aromatic N) is 1. The van der Waals surface area contributed by atoms with Gasteiger partial charge in [-0.2, -0.15) is 5.26 Å². The average molecular weight is 250 g/mol. The summed E-state index contributed by atoms with van der Waals surface area (Å²) in [5.74, 6) is 0.406. The van der Waals surface area contributed by atoms with Crippen LogP contribution in [0.3, 0.4) is 0 Å². The molecule has 1 atom stereocenters. The monoisotopic (exact) mass is 250 g/mol. The Labute approximate surface area is 107 Å². The van der Waals surface area contributed by atoms with Gasteiger partial charge in [0.05, 0.1) is 12.7 Å². The molecule has 0 radical (unpaired) electrons. The zero-order valence-electron chi connectivity index (χ0n) is 10.9. The van der Waals surface area contributed by atoms with Gasteiger partial charge in [-0.1, -0.05) is 6.92 Å². The molecule has 2 N–H and O–H groups in total. The summed E-state index contributed by atoms with van der Waals surface area (Å²) in [5.41, 5.74) is 5.65. The Morgan fingerprint density at radius 1 is 1.50 bits per heavy atom. The van der Waals surface area contributed by atoms with Crippen LogP contribution >= 0.6 is 0 Å². The molecule has 0 aliphatic rings. The summed E-state index contributed by atoms with van der Waals surface area (Å²) >= 11 is 0. The van der Waals surface area contributed by atoms with E-state index in [1.54, 1.807) is 19.1 Å². The second kappa shape index (κ2) is 6.36. The van der Waals surface area contributed by atoms with Gasteiger partial charge in [0.2, 0.25) is 0 Å². The zero-order chi connectivity index (χ0) is 13.6. The number of rotatable bonds is 6. The maximum Gasteiger partial charge on any atom is 0.126 e. The van der Waals surface area contributed by atoms with Crippen molar-refractivity contribution in [3.63, 3.8) is 0 Å². The summed E-state index contributed by atoms with van der Waals surface area (Å²) in [7, 11) is 0. The molecule has 0 saturated carbocycles. The number of hydrogen-bond donors (Lipinski definition) is 1. The van der Waals surface area contributed by atoms with Crippen LogP contribution in [0.15, 0.2) is 18.2 Å². The van der Waals surface area contributed by atoms with Crippen LogP contribution in [0.5, 0.6) is 5.75 Å². The maximum absolute atomic E-state index is 13.0. The quantitative estimate of drug-likeness (QED) is 0.790. The number of aryl methyl sites for hydroxylation is 1. The number of halogens is 1. The largest absolute Gasteiger partial charge is 0.494 e. The molecule has 0 fully saturated rings. The molecule has 0 aromatic heterocycles. The molecule has 98 valence electrons. The molecule has 0 saturated heterocycles. The van der Waals surface area contributed by atoms with Crippen LogP contribution in [0.2, 0.25) is 0 Å². The highest BCUT2D eigenvalue weighted by Crippen LogP contribution is 2.17. The Balaban J connectivity index is 2.39. The smallest absolute Gasteiger partial charge is 0.126 e. The third-order valence-electron chi connectivity index (χ3n) is 3.02. The molecule has 0 heterocycles. The average Bonchev–Trinajstić information content (AvgIpc) is 2.38. The second-order valence-corrected chi connectivity index (χ2v) is 4.48. The topological polar surface area (TPSA) is 59.0 Å². The standard InChI is InChI=1S/C14H19FN2O/c1-3-14(17,10-16)7-4-8-18-12-5-6-13(15)11(2)9-12/h5-6,9H,3-4,7-8,17H2,1-2H3. The van der Waals surface area contributed by atoms with Gasteiger partial charge in [-0.3, -0.25) is 0 Å². The summed E-state index contributed by atoms with van der Waals surface area (Å²) in [6.45, 7) is 4.07. The third-order valence-corrected chi connectivity index (χ3v) is 3.02. The van der Waals surface area contributed by atoms with Gasteiger partial charge in [-0.05, 0) is 49.9 Å². The van der Waals surface area contributed by atoms with Gasteiger partial charge in [0.25, 0.3) is 0 Å². The normalized spacial score (nSPS) is 13.7. The predicted molar refractivity (Wildman–Crippen MR) is 68.7 cm³/mol. The molecule has 0 spiro atoms. The minimum Gasteiger partial charge on any atom is -0.494 e. The van der Waals surface area contributed by atoms with Gasteiger partial charge in [0.15, 0.2) is 0 Å². The highest BCUT2D eigenvalue weighted by atomic mass is 19.1. The van der Waals surface area contributed by atoms with Crippen molar-refractivity contribution >= 4 is 0 Å². The van der Waals surface area contributed by atoms with Crippen LogP contribution in [-0.2, 0) is 0 Å². The van der Waals surface area contributed by atoms with Crippen molar-refractivity contribution < 1.29 is 9.13 Å². The van der Waals surface area contributed by atoms with E-state index in [4.69, 9.17) is 15.7 Å². The minimum absolute atomic E-state index is 0.237. The Morgan fingerprint density at radius 2 is 2.22 bits per heavy atom. The lowest BCUT2D eigenvalue weighted by atomic mass is 9.94.